The highest BCUT2D eigenvalue weighted by Gasteiger charge is 2.38. The van der Waals surface area contributed by atoms with E-state index in [-0.39, 0.29) is 0 Å². The monoisotopic (exact) mass is 231 g/mol. The van der Waals surface area contributed by atoms with Crippen LogP contribution in [0.4, 0.5) is 0 Å². The molecule has 0 fully saturated rings. The van der Waals surface area contributed by atoms with Crippen molar-refractivity contribution in [1.82, 2.24) is 0 Å². The van der Waals surface area contributed by atoms with Crippen LogP contribution in [-0.2, 0) is 16.0 Å². The summed E-state index contributed by atoms with van der Waals surface area (Å²) in [4.78, 5) is 11.9. The predicted molar refractivity (Wildman–Crippen MR) is 65.1 cm³/mol. The number of hydrogen-bond acceptors (Lipinski definition) is 3. The number of benzene rings is 1. The summed E-state index contributed by atoms with van der Waals surface area (Å²) in [5.74, 6) is -0.422. The van der Waals surface area contributed by atoms with Gasteiger partial charge in [0, 0.05) is 6.42 Å². The predicted octanol–water partition coefficient (Wildman–Crippen LogP) is 2.71. The molecule has 1 rings (SSSR count). The summed E-state index contributed by atoms with van der Waals surface area (Å²) in [6, 6.07) is 11.7. The number of ether oxygens (including phenoxy) is 1. The first-order valence-corrected chi connectivity index (χ1v) is 5.81. The van der Waals surface area contributed by atoms with Gasteiger partial charge in [-0.05, 0) is 18.9 Å². The summed E-state index contributed by atoms with van der Waals surface area (Å²) in [6.07, 6.45) is 0.858. The lowest BCUT2D eigenvalue weighted by Crippen LogP contribution is -2.33. The highest BCUT2D eigenvalue weighted by molar-refractivity contribution is 5.80. The molecule has 0 aliphatic heterocycles. The topological polar surface area (TPSA) is 50.1 Å². The smallest absolute Gasteiger partial charge is 0.326 e. The van der Waals surface area contributed by atoms with Crippen molar-refractivity contribution in [3.63, 3.8) is 0 Å². The lowest BCUT2D eigenvalue weighted by atomic mass is 9.80. The van der Waals surface area contributed by atoms with Gasteiger partial charge in [-0.1, -0.05) is 37.3 Å². The Kier molecular flexibility index (Phi) is 4.71. The number of nitriles is 1. The van der Waals surface area contributed by atoms with Gasteiger partial charge in [0.25, 0.3) is 0 Å². The second-order valence-electron chi connectivity index (χ2n) is 3.93. The zero-order valence-electron chi connectivity index (χ0n) is 10.3. The molecular weight excluding hydrogens is 214 g/mol. The molecule has 0 saturated carbocycles. The Morgan fingerprint density at radius 3 is 2.47 bits per heavy atom. The molecular formula is C14H17NO2. The molecule has 17 heavy (non-hydrogen) atoms. The van der Waals surface area contributed by atoms with Crippen LogP contribution in [0.1, 0.15) is 25.8 Å². The molecule has 1 aromatic carbocycles. The first kappa shape index (κ1) is 13.2. The minimum atomic E-state index is -1.06. The van der Waals surface area contributed by atoms with Gasteiger partial charge in [0.2, 0.25) is 0 Å². The van der Waals surface area contributed by atoms with Crippen molar-refractivity contribution in [3.8, 4) is 6.07 Å². The number of carbonyl (C=O) groups is 1. The van der Waals surface area contributed by atoms with Crippen LogP contribution in [0.15, 0.2) is 30.3 Å². The standard InChI is InChI=1S/C14H17NO2/c1-3-14(11-15,13(16)17-4-2)10-12-8-6-5-7-9-12/h5-9H,3-4,10H2,1-2H3. The molecule has 1 aromatic rings. The van der Waals surface area contributed by atoms with E-state index in [0.29, 0.717) is 19.4 Å². The molecule has 0 heterocycles. The Morgan fingerprint density at radius 1 is 1.35 bits per heavy atom. The number of carbonyl (C=O) groups excluding carboxylic acids is 1. The van der Waals surface area contributed by atoms with Gasteiger partial charge in [0.05, 0.1) is 12.7 Å². The molecule has 0 bridgehead atoms. The third kappa shape index (κ3) is 3.07. The molecule has 3 heteroatoms. The van der Waals surface area contributed by atoms with Crippen molar-refractivity contribution in [3.05, 3.63) is 35.9 Å². The van der Waals surface area contributed by atoms with E-state index in [1.165, 1.54) is 0 Å². The van der Waals surface area contributed by atoms with Crippen LogP contribution < -0.4 is 0 Å². The van der Waals surface area contributed by atoms with Crippen LogP contribution >= 0.6 is 0 Å². The summed E-state index contributed by atoms with van der Waals surface area (Å²) in [5.41, 5.74) is -0.0823. The average Bonchev–Trinajstić information content (AvgIpc) is 2.37. The van der Waals surface area contributed by atoms with Gasteiger partial charge in [-0.15, -0.1) is 0 Å². The Morgan fingerprint density at radius 2 is 2.00 bits per heavy atom. The SMILES string of the molecule is CCOC(=O)C(C#N)(CC)Cc1ccccc1. The van der Waals surface area contributed by atoms with Gasteiger partial charge < -0.3 is 4.74 Å². The fourth-order valence-corrected chi connectivity index (χ4v) is 1.72. The molecule has 0 aliphatic carbocycles. The quantitative estimate of drug-likeness (QED) is 0.732. The third-order valence-electron chi connectivity index (χ3n) is 2.83. The maximum absolute atomic E-state index is 11.9. The summed E-state index contributed by atoms with van der Waals surface area (Å²) in [5, 5.41) is 9.28. The van der Waals surface area contributed by atoms with Crippen molar-refractivity contribution >= 4 is 5.97 Å². The Balaban J connectivity index is 2.94. The van der Waals surface area contributed by atoms with E-state index in [0.717, 1.165) is 5.56 Å². The fraction of sp³-hybridized carbons (Fsp3) is 0.429. The highest BCUT2D eigenvalue weighted by atomic mass is 16.5. The summed E-state index contributed by atoms with van der Waals surface area (Å²) in [7, 11) is 0. The molecule has 0 saturated heterocycles. The lowest BCUT2D eigenvalue weighted by molar-refractivity contribution is -0.152. The van der Waals surface area contributed by atoms with Crippen LogP contribution in [-0.4, -0.2) is 12.6 Å². The Hall–Kier alpha value is -1.82. The Labute approximate surface area is 102 Å². The first-order chi connectivity index (χ1) is 8.18. The van der Waals surface area contributed by atoms with Crippen LogP contribution in [0.2, 0.25) is 0 Å². The minimum absolute atomic E-state index is 0.303. The maximum Gasteiger partial charge on any atom is 0.326 e. The van der Waals surface area contributed by atoms with E-state index >= 15 is 0 Å². The van der Waals surface area contributed by atoms with Crippen LogP contribution in [0.3, 0.4) is 0 Å². The Bertz CT molecular complexity index is 408. The van der Waals surface area contributed by atoms with Crippen LogP contribution in [0.5, 0.6) is 0 Å². The van der Waals surface area contributed by atoms with Crippen molar-refractivity contribution < 1.29 is 9.53 Å². The molecule has 0 radical (unpaired) electrons. The average molecular weight is 231 g/mol. The number of hydrogen-bond donors (Lipinski definition) is 0. The second kappa shape index (κ2) is 6.05. The molecule has 1 atom stereocenters. The zero-order valence-corrected chi connectivity index (χ0v) is 10.3. The molecule has 0 aliphatic rings. The van der Waals surface area contributed by atoms with Crippen molar-refractivity contribution in [2.24, 2.45) is 5.41 Å². The molecule has 0 spiro atoms. The van der Waals surface area contributed by atoms with E-state index in [1.54, 1.807) is 6.92 Å². The molecule has 0 aromatic heterocycles. The minimum Gasteiger partial charge on any atom is -0.465 e. The van der Waals surface area contributed by atoms with E-state index < -0.39 is 11.4 Å². The van der Waals surface area contributed by atoms with Gasteiger partial charge in [0.15, 0.2) is 5.41 Å². The van der Waals surface area contributed by atoms with Crippen molar-refractivity contribution in [1.29, 1.82) is 5.26 Å². The number of nitrogens with zero attached hydrogens (tertiary/aromatic N) is 1. The molecule has 0 amide bonds. The van der Waals surface area contributed by atoms with E-state index in [2.05, 4.69) is 6.07 Å². The highest BCUT2D eigenvalue weighted by Crippen LogP contribution is 2.28. The third-order valence-corrected chi connectivity index (χ3v) is 2.83. The number of esters is 1. The summed E-state index contributed by atoms with van der Waals surface area (Å²) in [6.45, 7) is 3.89. The zero-order chi connectivity index (χ0) is 12.7. The van der Waals surface area contributed by atoms with Gasteiger partial charge in [-0.2, -0.15) is 5.26 Å². The van der Waals surface area contributed by atoms with Gasteiger partial charge in [-0.3, -0.25) is 4.79 Å². The summed E-state index contributed by atoms with van der Waals surface area (Å²) < 4.78 is 5.00. The van der Waals surface area contributed by atoms with Crippen molar-refractivity contribution in [2.75, 3.05) is 6.61 Å². The van der Waals surface area contributed by atoms with Gasteiger partial charge in [-0.25, -0.2) is 0 Å². The van der Waals surface area contributed by atoms with Crippen LogP contribution in [0, 0.1) is 16.7 Å². The van der Waals surface area contributed by atoms with E-state index in [1.807, 2.05) is 37.3 Å². The largest absolute Gasteiger partial charge is 0.465 e. The summed E-state index contributed by atoms with van der Waals surface area (Å²) >= 11 is 0. The number of rotatable bonds is 5. The lowest BCUT2D eigenvalue weighted by Gasteiger charge is -2.22. The van der Waals surface area contributed by atoms with E-state index in [9.17, 15) is 10.1 Å². The first-order valence-electron chi connectivity index (χ1n) is 5.81. The van der Waals surface area contributed by atoms with E-state index in [4.69, 9.17) is 4.74 Å². The fourth-order valence-electron chi connectivity index (χ4n) is 1.72. The second-order valence-corrected chi connectivity index (χ2v) is 3.93. The van der Waals surface area contributed by atoms with Crippen LogP contribution in [0.25, 0.3) is 0 Å². The maximum atomic E-state index is 11.9. The normalized spacial score (nSPS) is 13.5. The molecule has 0 N–H and O–H groups in total. The van der Waals surface area contributed by atoms with Crippen molar-refractivity contribution in [2.45, 2.75) is 26.7 Å². The van der Waals surface area contributed by atoms with Gasteiger partial charge >= 0.3 is 5.97 Å². The molecule has 1 unspecified atom stereocenters. The molecule has 3 nitrogen and oxygen atoms in total. The van der Waals surface area contributed by atoms with Gasteiger partial charge in [0.1, 0.15) is 0 Å². The molecule has 90 valence electrons.